The van der Waals surface area contributed by atoms with Crippen molar-refractivity contribution in [3.05, 3.63) is 34.6 Å². The van der Waals surface area contributed by atoms with E-state index in [0.29, 0.717) is 6.54 Å². The van der Waals surface area contributed by atoms with Crippen LogP contribution in [0.25, 0.3) is 0 Å². The van der Waals surface area contributed by atoms with Crippen LogP contribution in [0.2, 0.25) is 5.02 Å². The molecule has 1 fully saturated rings. The van der Waals surface area contributed by atoms with Crippen molar-refractivity contribution < 1.29 is 9.18 Å². The summed E-state index contributed by atoms with van der Waals surface area (Å²) in [5.41, 5.74) is 5.98. The molecule has 98 valence electrons. The van der Waals surface area contributed by atoms with Crippen molar-refractivity contribution in [1.82, 2.24) is 5.32 Å². The van der Waals surface area contributed by atoms with Crippen LogP contribution in [-0.2, 0) is 11.2 Å². The predicted molar refractivity (Wildman–Crippen MR) is 68.8 cm³/mol. The molecule has 2 rings (SSSR count). The fourth-order valence-corrected chi connectivity index (χ4v) is 2.12. The number of halogens is 2. The van der Waals surface area contributed by atoms with Gasteiger partial charge in [0.25, 0.3) is 0 Å². The Morgan fingerprint density at radius 1 is 1.50 bits per heavy atom. The lowest BCUT2D eigenvalue weighted by molar-refractivity contribution is -0.122. The zero-order chi connectivity index (χ0) is 13.2. The van der Waals surface area contributed by atoms with E-state index in [-0.39, 0.29) is 16.3 Å². The molecule has 1 aromatic rings. The van der Waals surface area contributed by atoms with Crippen LogP contribution in [0.5, 0.6) is 0 Å². The minimum absolute atomic E-state index is 0.142. The molecule has 0 aromatic heterocycles. The van der Waals surface area contributed by atoms with Crippen molar-refractivity contribution in [1.29, 1.82) is 0 Å². The Hall–Kier alpha value is -1.13. The molecule has 0 saturated heterocycles. The van der Waals surface area contributed by atoms with Gasteiger partial charge in [0.1, 0.15) is 5.82 Å². The summed E-state index contributed by atoms with van der Waals surface area (Å²) in [5, 5.41) is 3.36. The maximum Gasteiger partial charge on any atom is 0.224 e. The summed E-state index contributed by atoms with van der Waals surface area (Å²) in [6.45, 7) is 1.34. The highest BCUT2D eigenvalue weighted by Gasteiger charge is 2.47. The minimum Gasteiger partial charge on any atom is -0.369 e. The van der Waals surface area contributed by atoms with Gasteiger partial charge in [0, 0.05) is 6.54 Å². The lowest BCUT2D eigenvalue weighted by Crippen LogP contribution is -2.35. The molecule has 18 heavy (non-hydrogen) atoms. The van der Waals surface area contributed by atoms with Crippen molar-refractivity contribution in [3.8, 4) is 0 Å². The van der Waals surface area contributed by atoms with E-state index < -0.39 is 5.82 Å². The monoisotopic (exact) mass is 270 g/mol. The normalized spacial score (nSPS) is 16.6. The molecule has 0 heterocycles. The van der Waals surface area contributed by atoms with Gasteiger partial charge in [-0.1, -0.05) is 17.7 Å². The smallest absolute Gasteiger partial charge is 0.224 e. The first kappa shape index (κ1) is 13.3. The molecule has 1 aliphatic rings. The third kappa shape index (κ3) is 3.00. The van der Waals surface area contributed by atoms with Crippen LogP contribution in [0.1, 0.15) is 18.4 Å². The third-order valence-corrected chi connectivity index (χ3v) is 3.70. The first-order valence-electron chi connectivity index (χ1n) is 5.98. The van der Waals surface area contributed by atoms with Gasteiger partial charge in [-0.3, -0.25) is 4.79 Å². The van der Waals surface area contributed by atoms with Crippen LogP contribution in [0.4, 0.5) is 4.39 Å². The Balaban J connectivity index is 1.75. The van der Waals surface area contributed by atoms with E-state index in [0.717, 1.165) is 31.4 Å². The highest BCUT2D eigenvalue weighted by molar-refractivity contribution is 6.30. The molecular formula is C13H16ClFN2O. The Kier molecular flexibility index (Phi) is 3.88. The first-order chi connectivity index (χ1) is 8.53. The standard InChI is InChI=1S/C13H16ClFN2O/c14-10-7-9(1-2-11(10)15)3-6-17-8-13(4-5-13)12(16)18/h1-2,7,17H,3-6,8H2,(H2,16,18). The van der Waals surface area contributed by atoms with Crippen LogP contribution in [-0.4, -0.2) is 19.0 Å². The van der Waals surface area contributed by atoms with E-state index in [2.05, 4.69) is 5.32 Å². The van der Waals surface area contributed by atoms with Gasteiger partial charge in [0.05, 0.1) is 10.4 Å². The van der Waals surface area contributed by atoms with Gasteiger partial charge >= 0.3 is 0 Å². The van der Waals surface area contributed by atoms with Crippen molar-refractivity contribution in [2.24, 2.45) is 11.1 Å². The van der Waals surface area contributed by atoms with E-state index in [4.69, 9.17) is 17.3 Å². The van der Waals surface area contributed by atoms with Gasteiger partial charge in [-0.05, 0) is 43.5 Å². The van der Waals surface area contributed by atoms with E-state index in [1.165, 1.54) is 6.07 Å². The van der Waals surface area contributed by atoms with Gasteiger partial charge in [-0.2, -0.15) is 0 Å². The summed E-state index contributed by atoms with van der Waals surface area (Å²) < 4.78 is 12.9. The summed E-state index contributed by atoms with van der Waals surface area (Å²) >= 11 is 5.69. The van der Waals surface area contributed by atoms with Crippen LogP contribution in [0.3, 0.4) is 0 Å². The molecule has 5 heteroatoms. The zero-order valence-electron chi connectivity index (χ0n) is 10.0. The molecule has 0 bridgehead atoms. The van der Waals surface area contributed by atoms with Crippen molar-refractivity contribution >= 4 is 17.5 Å². The molecule has 0 radical (unpaired) electrons. The second kappa shape index (κ2) is 5.24. The number of hydrogen-bond acceptors (Lipinski definition) is 2. The molecule has 3 nitrogen and oxygen atoms in total. The van der Waals surface area contributed by atoms with E-state index in [1.807, 2.05) is 0 Å². The SMILES string of the molecule is NC(=O)C1(CNCCc2ccc(F)c(Cl)c2)CC1. The maximum absolute atomic E-state index is 12.9. The maximum atomic E-state index is 12.9. The number of hydrogen-bond donors (Lipinski definition) is 2. The predicted octanol–water partition coefficient (Wildman–Crippen LogP) is 1.88. The molecular weight excluding hydrogens is 255 g/mol. The number of carbonyl (C=O) groups is 1. The van der Waals surface area contributed by atoms with Gasteiger partial charge in [-0.25, -0.2) is 4.39 Å². The number of benzene rings is 1. The molecule has 1 saturated carbocycles. The topological polar surface area (TPSA) is 55.1 Å². The molecule has 0 aliphatic heterocycles. The fraction of sp³-hybridized carbons (Fsp3) is 0.462. The second-order valence-corrected chi connectivity index (χ2v) is 5.23. The van der Waals surface area contributed by atoms with Gasteiger partial charge < -0.3 is 11.1 Å². The molecule has 1 amide bonds. The number of nitrogens with one attached hydrogen (secondary N) is 1. The fourth-order valence-electron chi connectivity index (χ4n) is 1.92. The largest absolute Gasteiger partial charge is 0.369 e. The Morgan fingerprint density at radius 2 is 2.22 bits per heavy atom. The number of primary amides is 1. The highest BCUT2D eigenvalue weighted by Crippen LogP contribution is 2.44. The first-order valence-corrected chi connectivity index (χ1v) is 6.36. The average molecular weight is 271 g/mol. The summed E-state index contributed by atoms with van der Waals surface area (Å²) in [7, 11) is 0. The molecule has 3 N–H and O–H groups in total. The number of amides is 1. The third-order valence-electron chi connectivity index (χ3n) is 3.41. The molecule has 0 spiro atoms. The van der Waals surface area contributed by atoms with Gasteiger partial charge in [0.15, 0.2) is 0 Å². The number of nitrogens with two attached hydrogens (primary N) is 1. The van der Waals surface area contributed by atoms with E-state index in [9.17, 15) is 9.18 Å². The van der Waals surface area contributed by atoms with Crippen molar-refractivity contribution in [2.75, 3.05) is 13.1 Å². The Morgan fingerprint density at radius 3 is 2.78 bits per heavy atom. The summed E-state index contributed by atoms with van der Waals surface area (Å²) in [5.74, 6) is -0.626. The highest BCUT2D eigenvalue weighted by atomic mass is 35.5. The van der Waals surface area contributed by atoms with Crippen LogP contribution in [0.15, 0.2) is 18.2 Å². The quantitative estimate of drug-likeness (QED) is 0.776. The summed E-state index contributed by atoms with van der Waals surface area (Å²) in [6.07, 6.45) is 2.49. The summed E-state index contributed by atoms with van der Waals surface area (Å²) in [4.78, 5) is 11.2. The second-order valence-electron chi connectivity index (χ2n) is 4.82. The van der Waals surface area contributed by atoms with Crippen molar-refractivity contribution in [2.45, 2.75) is 19.3 Å². The molecule has 0 atom stereocenters. The number of rotatable bonds is 6. The zero-order valence-corrected chi connectivity index (χ0v) is 10.8. The van der Waals surface area contributed by atoms with Gasteiger partial charge in [0.2, 0.25) is 5.91 Å². The average Bonchev–Trinajstić information content (AvgIpc) is 3.10. The van der Waals surface area contributed by atoms with Crippen molar-refractivity contribution in [3.63, 3.8) is 0 Å². The molecule has 0 unspecified atom stereocenters. The van der Waals surface area contributed by atoms with E-state index in [1.54, 1.807) is 12.1 Å². The minimum atomic E-state index is -0.404. The molecule has 1 aromatic carbocycles. The van der Waals surface area contributed by atoms with Crippen LogP contribution < -0.4 is 11.1 Å². The number of carbonyl (C=O) groups excluding carboxylic acids is 1. The van der Waals surface area contributed by atoms with Crippen LogP contribution >= 0.6 is 11.6 Å². The Bertz CT molecular complexity index is 460. The van der Waals surface area contributed by atoms with Gasteiger partial charge in [-0.15, -0.1) is 0 Å². The lowest BCUT2D eigenvalue weighted by Gasteiger charge is -2.12. The van der Waals surface area contributed by atoms with E-state index >= 15 is 0 Å². The Labute approximate surface area is 111 Å². The summed E-state index contributed by atoms with van der Waals surface area (Å²) in [6, 6.07) is 4.70. The van der Waals surface area contributed by atoms with Crippen LogP contribution in [0, 0.1) is 11.2 Å². The molecule has 1 aliphatic carbocycles. The lowest BCUT2D eigenvalue weighted by atomic mass is 10.1.